The molecule has 2 saturated carbocycles. The summed E-state index contributed by atoms with van der Waals surface area (Å²) in [6.45, 7) is 17.3. The Labute approximate surface area is 136 Å². The van der Waals surface area contributed by atoms with Gasteiger partial charge in [0.2, 0.25) is 0 Å². The Morgan fingerprint density at radius 3 is 2.50 bits per heavy atom. The van der Waals surface area contributed by atoms with Crippen LogP contribution in [0.15, 0.2) is 11.6 Å². The van der Waals surface area contributed by atoms with Gasteiger partial charge in [-0.3, -0.25) is 4.79 Å². The van der Waals surface area contributed by atoms with Gasteiger partial charge in [0.25, 0.3) is 0 Å². The minimum atomic E-state index is -1.72. The molecule has 0 heterocycles. The lowest BCUT2D eigenvalue weighted by molar-refractivity contribution is -0.114. The number of carbonyl (C=O) groups excluding carboxylic acids is 1. The first-order valence-corrected chi connectivity index (χ1v) is 11.7. The highest BCUT2D eigenvalue weighted by Crippen LogP contribution is 2.72. The molecule has 3 heteroatoms. The van der Waals surface area contributed by atoms with Crippen LogP contribution in [0.3, 0.4) is 0 Å². The fourth-order valence-corrected chi connectivity index (χ4v) is 6.08. The van der Waals surface area contributed by atoms with Crippen LogP contribution in [0.5, 0.6) is 0 Å². The first-order valence-electron chi connectivity index (χ1n) is 8.81. The molecular weight excluding hydrogens is 288 g/mol. The van der Waals surface area contributed by atoms with Crippen molar-refractivity contribution in [3.8, 4) is 0 Å². The van der Waals surface area contributed by atoms with Crippen molar-refractivity contribution in [1.29, 1.82) is 0 Å². The minimum Gasteiger partial charge on any atom is -0.416 e. The van der Waals surface area contributed by atoms with E-state index in [2.05, 4.69) is 47.7 Å². The third-order valence-corrected chi connectivity index (χ3v) is 12.3. The highest BCUT2D eigenvalue weighted by atomic mass is 28.4. The van der Waals surface area contributed by atoms with Crippen molar-refractivity contribution < 1.29 is 9.22 Å². The van der Waals surface area contributed by atoms with E-state index in [-0.39, 0.29) is 15.9 Å². The zero-order valence-electron chi connectivity index (χ0n) is 15.4. The van der Waals surface area contributed by atoms with Crippen LogP contribution >= 0.6 is 0 Å². The molecule has 0 aliphatic heterocycles. The Hall–Kier alpha value is -0.413. The molecule has 22 heavy (non-hydrogen) atoms. The van der Waals surface area contributed by atoms with E-state index in [1.807, 2.05) is 6.08 Å². The van der Waals surface area contributed by atoms with Crippen LogP contribution in [0.25, 0.3) is 0 Å². The van der Waals surface area contributed by atoms with Crippen molar-refractivity contribution in [1.82, 2.24) is 0 Å². The quantitative estimate of drug-likeness (QED) is 0.687. The lowest BCUT2D eigenvalue weighted by Gasteiger charge is -2.43. The van der Waals surface area contributed by atoms with Gasteiger partial charge in [-0.15, -0.1) is 0 Å². The summed E-state index contributed by atoms with van der Waals surface area (Å²) >= 11 is 0. The van der Waals surface area contributed by atoms with Crippen LogP contribution in [0.4, 0.5) is 0 Å². The number of ketones is 1. The Bertz CT molecular complexity index is 542. The summed E-state index contributed by atoms with van der Waals surface area (Å²) < 4.78 is 6.65. The number of hydrogen-bond acceptors (Lipinski definition) is 2. The van der Waals surface area contributed by atoms with Crippen molar-refractivity contribution in [2.75, 3.05) is 6.61 Å². The molecule has 4 atom stereocenters. The number of rotatable bonds is 3. The molecule has 0 aromatic heterocycles. The predicted octanol–water partition coefficient (Wildman–Crippen LogP) is 4.96. The second kappa shape index (κ2) is 4.57. The first kappa shape index (κ1) is 16.4. The van der Waals surface area contributed by atoms with Gasteiger partial charge >= 0.3 is 0 Å². The van der Waals surface area contributed by atoms with E-state index in [1.54, 1.807) is 0 Å². The number of carbonyl (C=O) groups is 1. The Kier molecular flexibility index (Phi) is 3.41. The van der Waals surface area contributed by atoms with Gasteiger partial charge in [-0.2, -0.15) is 0 Å². The van der Waals surface area contributed by atoms with Gasteiger partial charge in [-0.25, -0.2) is 0 Å². The molecular formula is C19H32O2Si. The van der Waals surface area contributed by atoms with E-state index in [1.165, 1.54) is 18.4 Å². The van der Waals surface area contributed by atoms with E-state index in [0.29, 0.717) is 17.6 Å². The van der Waals surface area contributed by atoms with Crippen LogP contribution in [0.1, 0.15) is 53.9 Å². The van der Waals surface area contributed by atoms with Crippen LogP contribution in [-0.4, -0.2) is 20.7 Å². The van der Waals surface area contributed by atoms with Gasteiger partial charge in [0.15, 0.2) is 14.1 Å². The minimum absolute atomic E-state index is 0.177. The van der Waals surface area contributed by atoms with Gasteiger partial charge < -0.3 is 4.43 Å². The molecule has 3 aliphatic rings. The molecule has 0 amide bonds. The zero-order valence-corrected chi connectivity index (χ0v) is 16.4. The summed E-state index contributed by atoms with van der Waals surface area (Å²) in [5.41, 5.74) is 1.84. The Morgan fingerprint density at radius 2 is 1.95 bits per heavy atom. The van der Waals surface area contributed by atoms with Crippen LogP contribution in [0, 0.1) is 22.7 Å². The van der Waals surface area contributed by atoms with Crippen molar-refractivity contribution in [2.24, 2.45) is 22.7 Å². The van der Waals surface area contributed by atoms with Crippen LogP contribution in [-0.2, 0) is 9.22 Å². The molecule has 0 aromatic rings. The van der Waals surface area contributed by atoms with Gasteiger partial charge in [0.05, 0.1) is 0 Å². The van der Waals surface area contributed by atoms with E-state index >= 15 is 0 Å². The average molecular weight is 321 g/mol. The van der Waals surface area contributed by atoms with Crippen molar-refractivity contribution in [3.05, 3.63) is 11.6 Å². The summed E-state index contributed by atoms with van der Waals surface area (Å²) in [4.78, 5) is 11.9. The molecule has 0 saturated heterocycles. The molecule has 0 radical (unpaired) electrons. The zero-order chi connectivity index (χ0) is 16.6. The fourth-order valence-electron chi connectivity index (χ4n) is 4.98. The van der Waals surface area contributed by atoms with Crippen molar-refractivity contribution >= 4 is 14.1 Å². The van der Waals surface area contributed by atoms with Crippen molar-refractivity contribution in [2.45, 2.75) is 72.0 Å². The van der Waals surface area contributed by atoms with Gasteiger partial charge in [0, 0.05) is 18.4 Å². The second-order valence-corrected chi connectivity index (χ2v) is 14.6. The average Bonchev–Trinajstić information content (AvgIpc) is 2.92. The summed E-state index contributed by atoms with van der Waals surface area (Å²) in [6, 6.07) is 0. The number of fused-ring (bicyclic) bond motifs is 5. The van der Waals surface area contributed by atoms with E-state index < -0.39 is 8.32 Å². The third-order valence-electron chi connectivity index (χ3n) is 7.83. The standard InChI is InChI=1S/C19H32O2Si/c1-17(2,3)22(6,7)21-12-19(5)15-8-9-18(19,4)16-11-13(20)10-14(15)16/h11,14-15H,8-10,12H2,1-7H3/t14-,15+,18-,19-/m1/s1. The molecule has 0 N–H and O–H groups in total. The molecule has 0 unspecified atom stereocenters. The first-order chi connectivity index (χ1) is 9.92. The monoisotopic (exact) mass is 320 g/mol. The Balaban J connectivity index is 1.86. The molecule has 3 aliphatic carbocycles. The molecule has 0 spiro atoms. The van der Waals surface area contributed by atoms with E-state index in [0.717, 1.165) is 13.0 Å². The lowest BCUT2D eigenvalue weighted by atomic mass is 9.68. The topological polar surface area (TPSA) is 26.3 Å². The highest BCUT2D eigenvalue weighted by molar-refractivity contribution is 6.74. The number of allylic oxidation sites excluding steroid dienone is 2. The van der Waals surface area contributed by atoms with Gasteiger partial charge in [-0.1, -0.05) is 40.2 Å². The molecule has 3 rings (SSSR count). The smallest absolute Gasteiger partial charge is 0.192 e. The maximum Gasteiger partial charge on any atom is 0.192 e. The number of hydrogen-bond donors (Lipinski definition) is 0. The fraction of sp³-hybridized carbons (Fsp3) is 0.842. The molecule has 0 aromatic carbocycles. The second-order valence-electron chi connectivity index (χ2n) is 9.82. The van der Waals surface area contributed by atoms with E-state index in [9.17, 15) is 4.79 Å². The van der Waals surface area contributed by atoms with Gasteiger partial charge in [-0.05, 0) is 54.3 Å². The SMILES string of the molecule is CC(C)(C)[Si](C)(C)OC[C@]1(C)[C@H]2CC[C@]1(C)C1=CC(=O)C[C@@H]12. The molecule has 2 nitrogen and oxygen atoms in total. The largest absolute Gasteiger partial charge is 0.416 e. The summed E-state index contributed by atoms with van der Waals surface area (Å²) in [5, 5.41) is 0.257. The van der Waals surface area contributed by atoms with Gasteiger partial charge in [0.1, 0.15) is 0 Å². The van der Waals surface area contributed by atoms with E-state index in [4.69, 9.17) is 4.43 Å². The van der Waals surface area contributed by atoms with Crippen LogP contribution in [0.2, 0.25) is 18.1 Å². The van der Waals surface area contributed by atoms with Crippen molar-refractivity contribution in [3.63, 3.8) is 0 Å². The highest BCUT2D eigenvalue weighted by Gasteiger charge is 2.67. The summed E-state index contributed by atoms with van der Waals surface area (Å²) in [6.07, 6.45) is 5.23. The predicted molar refractivity (Wildman–Crippen MR) is 93.3 cm³/mol. The third kappa shape index (κ3) is 1.97. The molecule has 2 fully saturated rings. The maximum atomic E-state index is 11.9. The normalized spacial score (nSPS) is 41.0. The summed E-state index contributed by atoms with van der Waals surface area (Å²) in [7, 11) is -1.72. The molecule has 2 bridgehead atoms. The Morgan fingerprint density at radius 1 is 1.32 bits per heavy atom. The molecule has 124 valence electrons. The maximum absolute atomic E-state index is 11.9. The summed E-state index contributed by atoms with van der Waals surface area (Å²) in [5.74, 6) is 1.50. The lowest BCUT2D eigenvalue weighted by Crippen LogP contribution is -2.46. The van der Waals surface area contributed by atoms with Crippen LogP contribution < -0.4 is 0 Å².